The zero-order chi connectivity index (χ0) is 16.1. The first-order valence-corrected chi connectivity index (χ1v) is 8.66. The van der Waals surface area contributed by atoms with Crippen molar-refractivity contribution in [2.45, 2.75) is 25.8 Å². The molecule has 3 rings (SSSR count). The molecule has 126 valence electrons. The molecule has 23 heavy (non-hydrogen) atoms. The van der Waals surface area contributed by atoms with Gasteiger partial charge in [-0.1, -0.05) is 0 Å². The smallest absolute Gasteiger partial charge is 0.227 e. The van der Waals surface area contributed by atoms with Gasteiger partial charge in [0.05, 0.1) is 12.5 Å². The lowest BCUT2D eigenvalue weighted by molar-refractivity contribution is -0.134. The zero-order valence-corrected chi connectivity index (χ0v) is 14.0. The number of hydrogen-bond acceptors (Lipinski definition) is 4. The monoisotopic (exact) mass is 317 g/mol. The number of likely N-dealkylation sites (tertiary alicyclic amines) is 1. The highest BCUT2D eigenvalue weighted by Crippen LogP contribution is 2.21. The minimum atomic E-state index is 0.0896. The second kappa shape index (κ2) is 7.88. The largest absolute Gasteiger partial charge is 0.381 e. The fraction of sp³-hybridized carbons (Fsp3) is 0.667. The molecule has 0 spiro atoms. The first-order chi connectivity index (χ1) is 11.2. The molecule has 0 radical (unpaired) electrons. The Hall–Kier alpha value is -1.46. The number of hydrogen-bond donors (Lipinski definition) is 0. The van der Waals surface area contributed by atoms with Crippen molar-refractivity contribution in [3.8, 4) is 0 Å². The zero-order valence-electron chi connectivity index (χ0n) is 14.0. The van der Waals surface area contributed by atoms with Crippen molar-refractivity contribution in [2.24, 2.45) is 11.8 Å². The van der Waals surface area contributed by atoms with Gasteiger partial charge in [0.25, 0.3) is 0 Å². The van der Waals surface area contributed by atoms with Crippen LogP contribution in [0.4, 0.5) is 0 Å². The third-order valence-electron chi connectivity index (χ3n) is 5.05. The lowest BCUT2D eigenvalue weighted by Gasteiger charge is -2.34. The number of carbonyl (C=O) groups is 1. The van der Waals surface area contributed by atoms with Crippen molar-refractivity contribution in [1.82, 2.24) is 14.8 Å². The second-order valence-electron chi connectivity index (χ2n) is 6.85. The average molecular weight is 317 g/mol. The Morgan fingerprint density at radius 2 is 2.04 bits per heavy atom. The summed E-state index contributed by atoms with van der Waals surface area (Å²) in [6.45, 7) is 5.45. The maximum Gasteiger partial charge on any atom is 0.227 e. The molecule has 0 bridgehead atoms. The van der Waals surface area contributed by atoms with Crippen molar-refractivity contribution < 1.29 is 9.53 Å². The summed E-state index contributed by atoms with van der Waals surface area (Å²) in [6.07, 6.45) is 6.94. The van der Waals surface area contributed by atoms with Crippen LogP contribution in [-0.2, 0) is 16.1 Å². The molecule has 0 saturated carbocycles. The Bertz CT molecular complexity index is 494. The molecule has 1 aromatic rings. The average Bonchev–Trinajstić information content (AvgIpc) is 3.11. The lowest BCUT2D eigenvalue weighted by atomic mass is 9.95. The number of amides is 1. The van der Waals surface area contributed by atoms with Crippen molar-refractivity contribution in [3.05, 3.63) is 30.1 Å². The molecule has 1 atom stereocenters. The van der Waals surface area contributed by atoms with Gasteiger partial charge < -0.3 is 9.64 Å². The van der Waals surface area contributed by atoms with Crippen LogP contribution in [0.2, 0.25) is 0 Å². The molecule has 1 unspecified atom stereocenters. The predicted octanol–water partition coefficient (Wildman–Crippen LogP) is 1.79. The van der Waals surface area contributed by atoms with Crippen LogP contribution in [0.1, 0.15) is 24.8 Å². The van der Waals surface area contributed by atoms with Gasteiger partial charge in [0.15, 0.2) is 0 Å². The van der Waals surface area contributed by atoms with Gasteiger partial charge in [-0.2, -0.15) is 0 Å². The summed E-state index contributed by atoms with van der Waals surface area (Å²) in [7, 11) is 1.95. The molecule has 2 aliphatic heterocycles. The number of pyridine rings is 1. The molecule has 3 heterocycles. The summed E-state index contributed by atoms with van der Waals surface area (Å²) in [5.74, 6) is 0.980. The minimum absolute atomic E-state index is 0.0896. The minimum Gasteiger partial charge on any atom is -0.381 e. The Morgan fingerprint density at radius 3 is 2.70 bits per heavy atom. The Kier molecular flexibility index (Phi) is 5.62. The maximum atomic E-state index is 12.4. The normalized spacial score (nSPS) is 23.1. The summed E-state index contributed by atoms with van der Waals surface area (Å²) in [4.78, 5) is 20.9. The van der Waals surface area contributed by atoms with Gasteiger partial charge in [0.1, 0.15) is 0 Å². The van der Waals surface area contributed by atoms with E-state index < -0.39 is 0 Å². The van der Waals surface area contributed by atoms with E-state index in [2.05, 4.69) is 22.0 Å². The highest BCUT2D eigenvalue weighted by molar-refractivity contribution is 5.78. The molecule has 1 aromatic heterocycles. The number of carbonyl (C=O) groups excluding carboxylic acids is 1. The number of rotatable bonds is 5. The first-order valence-electron chi connectivity index (χ1n) is 8.66. The predicted molar refractivity (Wildman–Crippen MR) is 88.8 cm³/mol. The Labute approximate surface area is 138 Å². The molecular formula is C18H27N3O2. The summed E-state index contributed by atoms with van der Waals surface area (Å²) >= 11 is 0. The quantitative estimate of drug-likeness (QED) is 0.830. The van der Waals surface area contributed by atoms with Gasteiger partial charge in [-0.15, -0.1) is 0 Å². The van der Waals surface area contributed by atoms with Crippen LogP contribution in [0.3, 0.4) is 0 Å². The van der Waals surface area contributed by atoms with Crippen molar-refractivity contribution in [3.63, 3.8) is 0 Å². The highest BCUT2D eigenvalue weighted by Gasteiger charge is 2.28. The third-order valence-corrected chi connectivity index (χ3v) is 5.05. The molecule has 0 aromatic carbocycles. The van der Waals surface area contributed by atoms with Gasteiger partial charge >= 0.3 is 0 Å². The molecule has 5 heteroatoms. The molecule has 5 nitrogen and oxygen atoms in total. The van der Waals surface area contributed by atoms with Gasteiger partial charge in [-0.3, -0.25) is 14.7 Å². The Morgan fingerprint density at radius 1 is 1.30 bits per heavy atom. The fourth-order valence-electron chi connectivity index (χ4n) is 3.59. The van der Waals surface area contributed by atoms with E-state index in [1.54, 1.807) is 0 Å². The number of piperidine rings is 1. The second-order valence-corrected chi connectivity index (χ2v) is 6.85. The molecule has 2 aliphatic rings. The molecular weight excluding hydrogens is 290 g/mol. The Balaban J connectivity index is 1.41. The van der Waals surface area contributed by atoms with E-state index in [1.165, 1.54) is 18.4 Å². The third kappa shape index (κ3) is 4.52. The van der Waals surface area contributed by atoms with Gasteiger partial charge in [0.2, 0.25) is 5.91 Å². The van der Waals surface area contributed by atoms with Crippen LogP contribution in [0.25, 0.3) is 0 Å². The van der Waals surface area contributed by atoms with Gasteiger partial charge in [-0.25, -0.2) is 0 Å². The number of aromatic nitrogens is 1. The van der Waals surface area contributed by atoms with E-state index in [4.69, 9.17) is 4.74 Å². The van der Waals surface area contributed by atoms with Crippen LogP contribution in [-0.4, -0.2) is 60.6 Å². The molecule has 1 amide bonds. The van der Waals surface area contributed by atoms with Crippen LogP contribution >= 0.6 is 0 Å². The van der Waals surface area contributed by atoms with Crippen LogP contribution < -0.4 is 0 Å². The SMILES string of the molecule is CN(CC1CCN(Cc2ccncc2)CC1)C(=O)C1CCOC1. The van der Waals surface area contributed by atoms with Crippen molar-refractivity contribution in [1.29, 1.82) is 0 Å². The van der Waals surface area contributed by atoms with Gasteiger partial charge in [0, 0.05) is 39.1 Å². The summed E-state index contributed by atoms with van der Waals surface area (Å²) in [6, 6.07) is 4.17. The summed E-state index contributed by atoms with van der Waals surface area (Å²) in [5, 5.41) is 0. The van der Waals surface area contributed by atoms with E-state index in [9.17, 15) is 4.79 Å². The molecule has 0 N–H and O–H groups in total. The molecule has 0 aliphatic carbocycles. The van der Waals surface area contributed by atoms with E-state index in [0.29, 0.717) is 12.5 Å². The number of nitrogens with zero attached hydrogens (tertiary/aromatic N) is 3. The van der Waals surface area contributed by atoms with Crippen LogP contribution in [0, 0.1) is 11.8 Å². The van der Waals surface area contributed by atoms with E-state index in [1.807, 2.05) is 24.3 Å². The van der Waals surface area contributed by atoms with Gasteiger partial charge in [-0.05, 0) is 56.0 Å². The van der Waals surface area contributed by atoms with Crippen LogP contribution in [0.15, 0.2) is 24.5 Å². The molecule has 2 fully saturated rings. The number of ether oxygens (including phenoxy) is 1. The maximum absolute atomic E-state index is 12.4. The van der Waals surface area contributed by atoms with Crippen molar-refractivity contribution in [2.75, 3.05) is 39.9 Å². The highest BCUT2D eigenvalue weighted by atomic mass is 16.5. The van der Waals surface area contributed by atoms with E-state index in [-0.39, 0.29) is 11.8 Å². The topological polar surface area (TPSA) is 45.7 Å². The van der Waals surface area contributed by atoms with Crippen molar-refractivity contribution >= 4 is 5.91 Å². The molecule has 2 saturated heterocycles. The van der Waals surface area contributed by atoms with E-state index >= 15 is 0 Å². The lowest BCUT2D eigenvalue weighted by Crippen LogP contribution is -2.41. The standard InChI is InChI=1S/C18H27N3O2/c1-20(18(22)17-6-11-23-14-17)12-16-4-9-21(10-5-16)13-15-2-7-19-8-3-15/h2-3,7-8,16-17H,4-6,9-14H2,1H3. The van der Waals surface area contributed by atoms with E-state index in [0.717, 1.165) is 39.2 Å². The first kappa shape index (κ1) is 16.4. The van der Waals surface area contributed by atoms with Crippen LogP contribution in [0.5, 0.6) is 0 Å². The fourth-order valence-corrected chi connectivity index (χ4v) is 3.59. The summed E-state index contributed by atoms with van der Waals surface area (Å²) < 4.78 is 5.33. The summed E-state index contributed by atoms with van der Waals surface area (Å²) in [5.41, 5.74) is 1.33.